The number of carbonyl (C=O) groups is 1. The van der Waals surface area contributed by atoms with Crippen molar-refractivity contribution in [3.8, 4) is 0 Å². The molecule has 1 aromatic rings. The molecule has 1 saturated carbocycles. The molecular formula is C15H21NO2. The minimum Gasteiger partial charge on any atom is -0.478 e. The summed E-state index contributed by atoms with van der Waals surface area (Å²) in [6.07, 6.45) is 4.77. The van der Waals surface area contributed by atoms with Crippen LogP contribution in [0.3, 0.4) is 0 Å². The Labute approximate surface area is 108 Å². The summed E-state index contributed by atoms with van der Waals surface area (Å²) in [6, 6.07) is 5.39. The molecule has 0 amide bonds. The van der Waals surface area contributed by atoms with Crippen molar-refractivity contribution in [2.24, 2.45) is 5.41 Å². The van der Waals surface area contributed by atoms with Gasteiger partial charge in [0.05, 0.1) is 5.56 Å². The van der Waals surface area contributed by atoms with E-state index in [1.54, 1.807) is 6.07 Å². The Bertz CT molecular complexity index is 456. The highest BCUT2D eigenvalue weighted by atomic mass is 16.4. The van der Waals surface area contributed by atoms with Crippen LogP contribution in [0.15, 0.2) is 18.2 Å². The van der Waals surface area contributed by atoms with Crippen LogP contribution in [0.5, 0.6) is 0 Å². The molecule has 0 aliphatic heterocycles. The molecule has 98 valence electrons. The summed E-state index contributed by atoms with van der Waals surface area (Å²) in [5.41, 5.74) is 8.02. The molecule has 0 heterocycles. The van der Waals surface area contributed by atoms with Crippen molar-refractivity contribution in [3.63, 3.8) is 0 Å². The lowest BCUT2D eigenvalue weighted by atomic mass is 9.71. The molecule has 1 aromatic carbocycles. The van der Waals surface area contributed by atoms with E-state index in [2.05, 4.69) is 13.8 Å². The number of hydrogen-bond acceptors (Lipinski definition) is 2. The molecule has 0 radical (unpaired) electrons. The molecule has 1 fully saturated rings. The minimum atomic E-state index is -0.955. The number of benzene rings is 1. The second kappa shape index (κ2) is 4.63. The molecular weight excluding hydrogens is 226 g/mol. The summed E-state index contributed by atoms with van der Waals surface area (Å²) < 4.78 is 0. The number of nitrogen functional groups attached to an aromatic ring is 1. The van der Waals surface area contributed by atoms with Gasteiger partial charge in [-0.05, 0) is 54.7 Å². The average molecular weight is 247 g/mol. The first-order valence-electron chi connectivity index (χ1n) is 6.52. The van der Waals surface area contributed by atoms with Crippen molar-refractivity contribution in [1.82, 2.24) is 0 Å². The van der Waals surface area contributed by atoms with E-state index >= 15 is 0 Å². The van der Waals surface area contributed by atoms with Crippen molar-refractivity contribution in [2.45, 2.75) is 45.4 Å². The molecule has 0 unspecified atom stereocenters. The third kappa shape index (κ3) is 2.66. The summed E-state index contributed by atoms with van der Waals surface area (Å²) in [7, 11) is 0. The topological polar surface area (TPSA) is 63.3 Å². The van der Waals surface area contributed by atoms with Gasteiger partial charge in [-0.15, -0.1) is 0 Å². The maximum atomic E-state index is 10.9. The predicted octanol–water partition coefficient (Wildman–Crippen LogP) is 3.65. The Balaban J connectivity index is 2.16. The Hall–Kier alpha value is -1.51. The zero-order valence-electron chi connectivity index (χ0n) is 11.1. The predicted molar refractivity (Wildman–Crippen MR) is 72.8 cm³/mol. The van der Waals surface area contributed by atoms with Gasteiger partial charge < -0.3 is 10.8 Å². The summed E-state index contributed by atoms with van der Waals surface area (Å²) in [6.45, 7) is 4.62. The van der Waals surface area contributed by atoms with E-state index in [-0.39, 0.29) is 5.56 Å². The highest BCUT2D eigenvalue weighted by Gasteiger charge is 2.27. The van der Waals surface area contributed by atoms with E-state index in [0.717, 1.165) is 0 Å². The van der Waals surface area contributed by atoms with E-state index in [4.69, 9.17) is 10.8 Å². The van der Waals surface area contributed by atoms with Crippen LogP contribution in [0.2, 0.25) is 0 Å². The first-order valence-corrected chi connectivity index (χ1v) is 6.52. The third-order valence-electron chi connectivity index (χ3n) is 4.12. The maximum absolute atomic E-state index is 10.9. The SMILES string of the molecule is CC1(C)CCC(c2ccc(C(=O)O)c(N)c2)CC1. The molecule has 0 saturated heterocycles. The molecule has 3 N–H and O–H groups in total. The standard InChI is InChI=1S/C15H21NO2/c1-15(2)7-5-10(6-8-15)11-3-4-12(14(17)18)13(16)9-11/h3-4,9-10H,5-8,16H2,1-2H3,(H,17,18). The van der Waals surface area contributed by atoms with Crippen LogP contribution < -0.4 is 5.73 Å². The molecule has 0 spiro atoms. The van der Waals surface area contributed by atoms with E-state index in [1.165, 1.54) is 31.2 Å². The van der Waals surface area contributed by atoms with Crippen LogP contribution in [0.25, 0.3) is 0 Å². The zero-order chi connectivity index (χ0) is 13.3. The number of carboxylic acid groups (broad SMARTS) is 1. The van der Waals surface area contributed by atoms with Gasteiger partial charge in [-0.25, -0.2) is 4.79 Å². The van der Waals surface area contributed by atoms with E-state index < -0.39 is 5.97 Å². The molecule has 0 atom stereocenters. The Morgan fingerprint density at radius 3 is 2.44 bits per heavy atom. The quantitative estimate of drug-likeness (QED) is 0.784. The first-order chi connectivity index (χ1) is 8.39. The molecule has 1 aliphatic rings. The van der Waals surface area contributed by atoms with Crippen molar-refractivity contribution in [1.29, 1.82) is 0 Å². The summed E-state index contributed by atoms with van der Waals surface area (Å²) in [4.78, 5) is 10.9. The lowest BCUT2D eigenvalue weighted by molar-refractivity contribution is 0.0698. The highest BCUT2D eigenvalue weighted by Crippen LogP contribution is 2.42. The number of aromatic carboxylic acids is 1. The Kier molecular flexibility index (Phi) is 3.33. The smallest absolute Gasteiger partial charge is 0.337 e. The van der Waals surface area contributed by atoms with Gasteiger partial charge >= 0.3 is 5.97 Å². The normalized spacial score (nSPS) is 19.7. The van der Waals surface area contributed by atoms with Gasteiger partial charge in [0.25, 0.3) is 0 Å². The van der Waals surface area contributed by atoms with E-state index in [1.807, 2.05) is 12.1 Å². The molecule has 0 bridgehead atoms. The second-order valence-electron chi connectivity index (χ2n) is 6.09. The van der Waals surface area contributed by atoms with Gasteiger partial charge in [-0.2, -0.15) is 0 Å². The maximum Gasteiger partial charge on any atom is 0.337 e. The van der Waals surface area contributed by atoms with Gasteiger partial charge in [0.2, 0.25) is 0 Å². The molecule has 3 heteroatoms. The molecule has 3 nitrogen and oxygen atoms in total. The van der Waals surface area contributed by atoms with Crippen LogP contribution >= 0.6 is 0 Å². The largest absolute Gasteiger partial charge is 0.478 e. The fourth-order valence-electron chi connectivity index (χ4n) is 2.76. The molecule has 18 heavy (non-hydrogen) atoms. The number of rotatable bonds is 2. The Morgan fingerprint density at radius 2 is 1.94 bits per heavy atom. The van der Waals surface area contributed by atoms with Gasteiger partial charge in [0.1, 0.15) is 0 Å². The van der Waals surface area contributed by atoms with Crippen LogP contribution in [0.1, 0.15) is 61.4 Å². The first kappa shape index (κ1) is 12.9. The van der Waals surface area contributed by atoms with Crippen LogP contribution in [0.4, 0.5) is 5.69 Å². The lowest BCUT2D eigenvalue weighted by Crippen LogP contribution is -2.20. The summed E-state index contributed by atoms with van der Waals surface area (Å²) >= 11 is 0. The number of carboxylic acids is 1. The van der Waals surface area contributed by atoms with Crippen LogP contribution in [0, 0.1) is 5.41 Å². The second-order valence-corrected chi connectivity index (χ2v) is 6.09. The van der Waals surface area contributed by atoms with Crippen molar-refractivity contribution in [3.05, 3.63) is 29.3 Å². The summed E-state index contributed by atoms with van der Waals surface area (Å²) in [5.74, 6) is -0.424. The fourth-order valence-corrected chi connectivity index (χ4v) is 2.76. The molecule has 2 rings (SSSR count). The van der Waals surface area contributed by atoms with Gasteiger partial charge in [0.15, 0.2) is 0 Å². The van der Waals surface area contributed by atoms with Gasteiger partial charge in [-0.1, -0.05) is 19.9 Å². The van der Waals surface area contributed by atoms with E-state index in [0.29, 0.717) is 17.0 Å². The fraction of sp³-hybridized carbons (Fsp3) is 0.533. The molecule has 1 aliphatic carbocycles. The molecule has 0 aromatic heterocycles. The van der Waals surface area contributed by atoms with Crippen molar-refractivity contribution >= 4 is 11.7 Å². The number of nitrogens with two attached hydrogens (primary N) is 1. The number of anilines is 1. The average Bonchev–Trinajstić information content (AvgIpc) is 2.28. The summed E-state index contributed by atoms with van der Waals surface area (Å²) in [5, 5.41) is 8.96. The van der Waals surface area contributed by atoms with Crippen LogP contribution in [-0.2, 0) is 0 Å². The van der Waals surface area contributed by atoms with Gasteiger partial charge in [0, 0.05) is 5.69 Å². The monoisotopic (exact) mass is 247 g/mol. The zero-order valence-corrected chi connectivity index (χ0v) is 11.1. The van der Waals surface area contributed by atoms with Crippen molar-refractivity contribution < 1.29 is 9.90 Å². The van der Waals surface area contributed by atoms with Crippen LogP contribution in [-0.4, -0.2) is 11.1 Å². The Morgan fingerprint density at radius 1 is 1.33 bits per heavy atom. The number of hydrogen-bond donors (Lipinski definition) is 2. The minimum absolute atomic E-state index is 0.204. The lowest BCUT2D eigenvalue weighted by Gasteiger charge is -2.34. The third-order valence-corrected chi connectivity index (χ3v) is 4.12. The van der Waals surface area contributed by atoms with Crippen molar-refractivity contribution in [2.75, 3.05) is 5.73 Å². The van der Waals surface area contributed by atoms with E-state index in [9.17, 15) is 4.79 Å². The van der Waals surface area contributed by atoms with Gasteiger partial charge in [-0.3, -0.25) is 0 Å². The highest BCUT2D eigenvalue weighted by molar-refractivity contribution is 5.93.